The molecule has 1 aliphatic heterocycles. The molecule has 0 amide bonds. The smallest absolute Gasteiger partial charge is 0.341 e. The fourth-order valence-electron chi connectivity index (χ4n) is 2.19. The zero-order valence-electron chi connectivity index (χ0n) is 10.0. The molecule has 0 saturated carbocycles. The number of methoxy groups -OCH3 is 1. The Morgan fingerprint density at radius 2 is 2.53 bits per heavy atom. The number of rotatable bonds is 3. The van der Waals surface area contributed by atoms with Gasteiger partial charge in [0.05, 0.1) is 19.9 Å². The van der Waals surface area contributed by atoms with E-state index in [1.165, 1.54) is 13.4 Å². The van der Waals surface area contributed by atoms with Crippen LogP contribution in [0.5, 0.6) is 0 Å². The van der Waals surface area contributed by atoms with Crippen LogP contribution in [0.4, 0.5) is 0 Å². The van der Waals surface area contributed by atoms with Crippen LogP contribution in [0.15, 0.2) is 16.7 Å². The van der Waals surface area contributed by atoms with Crippen molar-refractivity contribution in [1.29, 1.82) is 0 Å². The molecule has 5 nitrogen and oxygen atoms in total. The van der Waals surface area contributed by atoms with Crippen LogP contribution >= 0.6 is 0 Å². The molecule has 1 saturated heterocycles. The summed E-state index contributed by atoms with van der Waals surface area (Å²) in [6.45, 7) is 2.46. The third-order valence-electron chi connectivity index (χ3n) is 3.06. The number of furan rings is 1. The first kappa shape index (κ1) is 12.1. The molecule has 0 bridgehead atoms. The molecule has 2 rings (SSSR count). The molecule has 94 valence electrons. The Morgan fingerprint density at radius 3 is 3.24 bits per heavy atom. The molecule has 0 aliphatic carbocycles. The van der Waals surface area contributed by atoms with E-state index in [0.717, 1.165) is 25.9 Å². The van der Waals surface area contributed by atoms with E-state index in [1.807, 2.05) is 0 Å². The number of esters is 1. The largest absolute Gasteiger partial charge is 0.467 e. The second kappa shape index (κ2) is 5.33. The number of hydrogen-bond donors (Lipinski definition) is 1. The van der Waals surface area contributed by atoms with Crippen molar-refractivity contribution in [3.63, 3.8) is 0 Å². The van der Waals surface area contributed by atoms with Crippen LogP contribution in [-0.2, 0) is 11.3 Å². The van der Waals surface area contributed by atoms with Gasteiger partial charge in [-0.2, -0.15) is 0 Å². The topological polar surface area (TPSA) is 68.7 Å². The Bertz CT molecular complexity index is 389. The van der Waals surface area contributed by atoms with Crippen LogP contribution in [0.3, 0.4) is 0 Å². The van der Waals surface area contributed by atoms with Crippen molar-refractivity contribution in [2.24, 2.45) is 5.73 Å². The van der Waals surface area contributed by atoms with E-state index in [2.05, 4.69) is 4.90 Å². The molecule has 0 radical (unpaired) electrons. The lowest BCUT2D eigenvalue weighted by atomic mass is 10.1. The minimum absolute atomic E-state index is 0.222. The molecule has 0 aromatic carbocycles. The number of hydrogen-bond acceptors (Lipinski definition) is 5. The second-order valence-corrected chi connectivity index (χ2v) is 4.39. The predicted octanol–water partition coefficient (Wildman–Crippen LogP) is 0.989. The number of ether oxygens (including phenoxy) is 1. The molecule has 1 fully saturated rings. The van der Waals surface area contributed by atoms with Crippen LogP contribution < -0.4 is 5.73 Å². The highest BCUT2D eigenvalue weighted by atomic mass is 16.5. The van der Waals surface area contributed by atoms with E-state index >= 15 is 0 Å². The maximum atomic E-state index is 11.5. The van der Waals surface area contributed by atoms with Gasteiger partial charge in [0, 0.05) is 12.6 Å². The quantitative estimate of drug-likeness (QED) is 0.795. The van der Waals surface area contributed by atoms with Gasteiger partial charge in [-0.3, -0.25) is 4.90 Å². The van der Waals surface area contributed by atoms with Crippen molar-refractivity contribution < 1.29 is 13.9 Å². The normalized spacial score (nSPS) is 21.4. The third-order valence-corrected chi connectivity index (χ3v) is 3.06. The summed E-state index contributed by atoms with van der Waals surface area (Å²) in [5.74, 6) is 0.306. The molecule has 5 heteroatoms. The van der Waals surface area contributed by atoms with Crippen LogP contribution in [0.25, 0.3) is 0 Å². The Kier molecular flexibility index (Phi) is 3.81. The second-order valence-electron chi connectivity index (χ2n) is 4.39. The van der Waals surface area contributed by atoms with Crippen LogP contribution in [0.2, 0.25) is 0 Å². The highest BCUT2D eigenvalue weighted by molar-refractivity contribution is 5.90. The highest BCUT2D eigenvalue weighted by Gasteiger charge is 2.21. The summed E-state index contributed by atoms with van der Waals surface area (Å²) in [4.78, 5) is 13.7. The fourth-order valence-corrected chi connectivity index (χ4v) is 2.19. The average molecular weight is 238 g/mol. The van der Waals surface area contributed by atoms with Gasteiger partial charge in [-0.25, -0.2) is 4.79 Å². The average Bonchev–Trinajstić information content (AvgIpc) is 2.76. The predicted molar refractivity (Wildman–Crippen MR) is 62.5 cm³/mol. The summed E-state index contributed by atoms with van der Waals surface area (Å²) < 4.78 is 10.0. The SMILES string of the molecule is COC(=O)c1ccoc1CN1CCC[C@@H](N)C1. The van der Waals surface area contributed by atoms with Crippen molar-refractivity contribution >= 4 is 5.97 Å². The minimum Gasteiger partial charge on any atom is -0.467 e. The number of piperidine rings is 1. The fraction of sp³-hybridized carbons (Fsp3) is 0.583. The van der Waals surface area contributed by atoms with Gasteiger partial charge in [0.15, 0.2) is 0 Å². The first-order valence-corrected chi connectivity index (χ1v) is 5.83. The molecule has 0 unspecified atom stereocenters. The van der Waals surface area contributed by atoms with Gasteiger partial charge in [0.1, 0.15) is 11.3 Å². The number of carbonyl (C=O) groups excluding carboxylic acids is 1. The van der Waals surface area contributed by atoms with Gasteiger partial charge < -0.3 is 14.9 Å². The van der Waals surface area contributed by atoms with E-state index in [1.54, 1.807) is 6.07 Å². The van der Waals surface area contributed by atoms with E-state index in [-0.39, 0.29) is 12.0 Å². The molecule has 1 aliphatic rings. The maximum Gasteiger partial charge on any atom is 0.341 e. The van der Waals surface area contributed by atoms with Gasteiger partial charge in [0.25, 0.3) is 0 Å². The van der Waals surface area contributed by atoms with E-state index in [0.29, 0.717) is 17.9 Å². The Labute approximate surface area is 101 Å². The highest BCUT2D eigenvalue weighted by Crippen LogP contribution is 2.17. The first-order chi connectivity index (χ1) is 8.20. The molecule has 2 N–H and O–H groups in total. The number of likely N-dealkylation sites (tertiary alicyclic amines) is 1. The van der Waals surface area contributed by atoms with Gasteiger partial charge in [-0.05, 0) is 25.5 Å². The lowest BCUT2D eigenvalue weighted by Crippen LogP contribution is -2.42. The Hall–Kier alpha value is -1.33. The Morgan fingerprint density at radius 1 is 1.71 bits per heavy atom. The van der Waals surface area contributed by atoms with Gasteiger partial charge in [0.2, 0.25) is 0 Å². The van der Waals surface area contributed by atoms with Crippen LogP contribution in [0, 0.1) is 0 Å². The molecular weight excluding hydrogens is 220 g/mol. The molecule has 1 aromatic heterocycles. The van der Waals surface area contributed by atoms with E-state index < -0.39 is 0 Å². The van der Waals surface area contributed by atoms with E-state index in [9.17, 15) is 4.79 Å². The molecule has 1 atom stereocenters. The molecule has 2 heterocycles. The third kappa shape index (κ3) is 2.87. The van der Waals surface area contributed by atoms with Gasteiger partial charge in [-0.15, -0.1) is 0 Å². The maximum absolute atomic E-state index is 11.5. The summed E-state index contributed by atoms with van der Waals surface area (Å²) in [5.41, 5.74) is 6.42. The van der Waals surface area contributed by atoms with Gasteiger partial charge in [-0.1, -0.05) is 0 Å². The van der Waals surface area contributed by atoms with Crippen molar-refractivity contribution in [3.8, 4) is 0 Å². The molecule has 17 heavy (non-hydrogen) atoms. The van der Waals surface area contributed by atoms with E-state index in [4.69, 9.17) is 14.9 Å². The Balaban J connectivity index is 2.03. The summed E-state index contributed by atoms with van der Waals surface area (Å²) >= 11 is 0. The molecule has 0 spiro atoms. The van der Waals surface area contributed by atoms with Crippen molar-refractivity contribution in [2.45, 2.75) is 25.4 Å². The molecular formula is C12H18N2O3. The van der Waals surface area contributed by atoms with Crippen LogP contribution in [-0.4, -0.2) is 37.1 Å². The summed E-state index contributed by atoms with van der Waals surface area (Å²) in [5, 5.41) is 0. The molecule has 1 aromatic rings. The lowest BCUT2D eigenvalue weighted by Gasteiger charge is -2.29. The summed E-state index contributed by atoms with van der Waals surface area (Å²) in [7, 11) is 1.37. The zero-order valence-corrected chi connectivity index (χ0v) is 10.0. The summed E-state index contributed by atoms with van der Waals surface area (Å²) in [6, 6.07) is 1.87. The number of nitrogens with two attached hydrogens (primary N) is 1. The number of nitrogens with zero attached hydrogens (tertiary/aromatic N) is 1. The van der Waals surface area contributed by atoms with Gasteiger partial charge >= 0.3 is 5.97 Å². The minimum atomic E-state index is -0.352. The number of carbonyl (C=O) groups is 1. The lowest BCUT2D eigenvalue weighted by molar-refractivity contribution is 0.0595. The monoisotopic (exact) mass is 238 g/mol. The van der Waals surface area contributed by atoms with Crippen molar-refractivity contribution in [1.82, 2.24) is 4.90 Å². The van der Waals surface area contributed by atoms with Crippen molar-refractivity contribution in [2.75, 3.05) is 20.2 Å². The van der Waals surface area contributed by atoms with Crippen molar-refractivity contribution in [3.05, 3.63) is 23.7 Å². The summed E-state index contributed by atoms with van der Waals surface area (Å²) in [6.07, 6.45) is 3.68. The first-order valence-electron chi connectivity index (χ1n) is 5.83. The van der Waals surface area contributed by atoms with Crippen LogP contribution in [0.1, 0.15) is 29.0 Å². The zero-order chi connectivity index (χ0) is 12.3. The standard InChI is InChI=1S/C12H18N2O3/c1-16-12(15)10-4-6-17-11(10)8-14-5-2-3-9(13)7-14/h4,6,9H,2-3,5,7-8,13H2,1H3/t9-/m1/s1.